The standard InChI is InChI=1S/C11H12BrF6NS/c1-2-4-19-7(8-6(12)3-5-20-8)9(10(13,14)15)11(16,17)18/h3,5,7,9,19H,2,4H2,1H3. The number of halogens is 7. The van der Waals surface area contributed by atoms with Gasteiger partial charge in [0.05, 0.1) is 6.04 Å². The topological polar surface area (TPSA) is 12.0 Å². The van der Waals surface area contributed by atoms with Crippen LogP contribution in [-0.4, -0.2) is 18.9 Å². The smallest absolute Gasteiger partial charge is 0.308 e. The van der Waals surface area contributed by atoms with E-state index in [-0.39, 0.29) is 15.9 Å². The Bertz CT molecular complexity index is 413. The summed E-state index contributed by atoms with van der Waals surface area (Å²) in [6.07, 6.45) is -10.3. The van der Waals surface area contributed by atoms with Crippen LogP contribution in [-0.2, 0) is 0 Å². The van der Waals surface area contributed by atoms with Crippen molar-refractivity contribution in [1.29, 1.82) is 0 Å². The zero-order valence-electron chi connectivity index (χ0n) is 10.3. The van der Waals surface area contributed by atoms with Crippen LogP contribution in [0.15, 0.2) is 15.9 Å². The molecular formula is C11H12BrF6NS. The Hall–Kier alpha value is -0.280. The van der Waals surface area contributed by atoms with Gasteiger partial charge in [-0.05, 0) is 40.3 Å². The van der Waals surface area contributed by atoms with Crippen LogP contribution >= 0.6 is 27.3 Å². The minimum absolute atomic E-state index is 0.00176. The molecule has 9 heteroatoms. The number of alkyl halides is 6. The maximum Gasteiger partial charge on any atom is 0.402 e. The van der Waals surface area contributed by atoms with Gasteiger partial charge in [-0.15, -0.1) is 11.3 Å². The van der Waals surface area contributed by atoms with E-state index in [0.29, 0.717) is 6.42 Å². The Balaban J connectivity index is 3.22. The fourth-order valence-electron chi connectivity index (χ4n) is 1.75. The molecular weight excluding hydrogens is 372 g/mol. The molecule has 0 aliphatic heterocycles. The summed E-state index contributed by atoms with van der Waals surface area (Å²) in [7, 11) is 0. The monoisotopic (exact) mass is 383 g/mol. The van der Waals surface area contributed by atoms with E-state index < -0.39 is 24.3 Å². The Morgan fingerprint density at radius 2 is 1.75 bits per heavy atom. The van der Waals surface area contributed by atoms with Crippen LogP contribution in [0.2, 0.25) is 0 Å². The Kier molecular flexibility index (Phi) is 5.91. The number of hydrogen-bond acceptors (Lipinski definition) is 2. The Morgan fingerprint density at radius 1 is 1.20 bits per heavy atom. The summed E-state index contributed by atoms with van der Waals surface area (Å²) in [6.45, 7) is 1.74. The van der Waals surface area contributed by atoms with Crippen molar-refractivity contribution in [3.8, 4) is 0 Å². The van der Waals surface area contributed by atoms with Crippen LogP contribution in [0.3, 0.4) is 0 Å². The lowest BCUT2D eigenvalue weighted by atomic mass is 9.96. The predicted molar refractivity (Wildman–Crippen MR) is 68.7 cm³/mol. The molecule has 1 unspecified atom stereocenters. The minimum atomic E-state index is -5.37. The molecule has 1 atom stereocenters. The third-order valence-electron chi connectivity index (χ3n) is 2.58. The number of hydrogen-bond donors (Lipinski definition) is 1. The molecule has 0 saturated heterocycles. The van der Waals surface area contributed by atoms with Crippen molar-refractivity contribution in [3.05, 3.63) is 20.8 Å². The highest BCUT2D eigenvalue weighted by atomic mass is 79.9. The molecule has 1 rings (SSSR count). The molecule has 0 saturated carbocycles. The van der Waals surface area contributed by atoms with Crippen molar-refractivity contribution in [2.24, 2.45) is 5.92 Å². The van der Waals surface area contributed by atoms with E-state index in [9.17, 15) is 26.3 Å². The first-order valence-corrected chi connectivity index (χ1v) is 7.36. The molecule has 1 heterocycles. The number of thiophene rings is 1. The average Bonchev–Trinajstić information content (AvgIpc) is 2.66. The second-order valence-electron chi connectivity index (χ2n) is 4.13. The van der Waals surface area contributed by atoms with E-state index in [4.69, 9.17) is 0 Å². The predicted octanol–water partition coefficient (Wildman–Crippen LogP) is 5.29. The normalized spacial score (nSPS) is 14.8. The molecule has 1 aromatic rings. The van der Waals surface area contributed by atoms with E-state index in [2.05, 4.69) is 21.2 Å². The summed E-state index contributed by atoms with van der Waals surface area (Å²) in [4.78, 5) is -0.00176. The lowest BCUT2D eigenvalue weighted by Crippen LogP contribution is -2.45. The number of nitrogens with one attached hydrogen (secondary N) is 1. The molecule has 0 aromatic carbocycles. The van der Waals surface area contributed by atoms with Gasteiger partial charge in [0.2, 0.25) is 0 Å². The van der Waals surface area contributed by atoms with Gasteiger partial charge in [0.15, 0.2) is 5.92 Å². The zero-order chi connectivity index (χ0) is 15.6. The van der Waals surface area contributed by atoms with Gasteiger partial charge in [-0.2, -0.15) is 26.3 Å². The molecule has 20 heavy (non-hydrogen) atoms. The summed E-state index contributed by atoms with van der Waals surface area (Å²) < 4.78 is 77.3. The van der Waals surface area contributed by atoms with Crippen LogP contribution in [0.1, 0.15) is 24.3 Å². The van der Waals surface area contributed by atoms with Crippen LogP contribution in [0, 0.1) is 5.92 Å². The van der Waals surface area contributed by atoms with Crippen molar-refractivity contribution in [2.45, 2.75) is 31.7 Å². The summed E-state index contributed by atoms with van der Waals surface area (Å²) >= 11 is 3.86. The van der Waals surface area contributed by atoms with Gasteiger partial charge in [0.1, 0.15) is 0 Å². The van der Waals surface area contributed by atoms with Gasteiger partial charge in [-0.25, -0.2) is 0 Å². The van der Waals surface area contributed by atoms with Crippen molar-refractivity contribution in [1.82, 2.24) is 5.32 Å². The summed E-state index contributed by atoms with van der Waals surface area (Å²) in [6, 6.07) is -0.408. The molecule has 0 amide bonds. The van der Waals surface area contributed by atoms with Gasteiger partial charge in [-0.1, -0.05) is 6.92 Å². The fourth-order valence-corrected chi connectivity index (χ4v) is 3.48. The van der Waals surface area contributed by atoms with Gasteiger partial charge in [0, 0.05) is 9.35 Å². The lowest BCUT2D eigenvalue weighted by Gasteiger charge is -2.31. The summed E-state index contributed by atoms with van der Waals surface area (Å²) in [5.41, 5.74) is 0. The highest BCUT2D eigenvalue weighted by Crippen LogP contribution is 2.48. The van der Waals surface area contributed by atoms with Gasteiger partial charge in [-0.3, -0.25) is 0 Å². The zero-order valence-corrected chi connectivity index (χ0v) is 12.7. The second kappa shape index (κ2) is 6.65. The van der Waals surface area contributed by atoms with E-state index in [1.807, 2.05) is 0 Å². The van der Waals surface area contributed by atoms with Crippen LogP contribution in [0.5, 0.6) is 0 Å². The third-order valence-corrected chi connectivity index (χ3v) is 4.53. The van der Waals surface area contributed by atoms with Crippen LogP contribution < -0.4 is 5.32 Å². The maximum atomic E-state index is 12.8. The van der Waals surface area contributed by atoms with Gasteiger partial charge < -0.3 is 5.32 Å². The van der Waals surface area contributed by atoms with E-state index in [1.54, 1.807) is 6.92 Å². The van der Waals surface area contributed by atoms with E-state index >= 15 is 0 Å². The SMILES string of the molecule is CCCNC(c1sccc1Br)C(C(F)(F)F)C(F)(F)F. The van der Waals surface area contributed by atoms with Crippen molar-refractivity contribution in [2.75, 3.05) is 6.54 Å². The van der Waals surface area contributed by atoms with Crippen molar-refractivity contribution >= 4 is 27.3 Å². The first-order valence-electron chi connectivity index (χ1n) is 5.68. The van der Waals surface area contributed by atoms with Crippen molar-refractivity contribution < 1.29 is 26.3 Å². The molecule has 1 nitrogen and oxygen atoms in total. The van der Waals surface area contributed by atoms with Gasteiger partial charge >= 0.3 is 12.4 Å². The maximum absolute atomic E-state index is 12.8. The van der Waals surface area contributed by atoms with Crippen molar-refractivity contribution in [3.63, 3.8) is 0 Å². The van der Waals surface area contributed by atoms with Crippen LogP contribution in [0.25, 0.3) is 0 Å². The highest BCUT2D eigenvalue weighted by molar-refractivity contribution is 9.10. The quantitative estimate of drug-likeness (QED) is 0.681. The Morgan fingerprint density at radius 3 is 2.10 bits per heavy atom. The second-order valence-corrected chi connectivity index (χ2v) is 5.93. The lowest BCUT2D eigenvalue weighted by molar-refractivity contribution is -0.292. The average molecular weight is 384 g/mol. The first kappa shape index (κ1) is 17.8. The number of rotatable bonds is 5. The molecule has 1 aromatic heterocycles. The van der Waals surface area contributed by atoms with E-state index in [0.717, 1.165) is 11.3 Å². The highest BCUT2D eigenvalue weighted by Gasteiger charge is 2.60. The Labute approximate surface area is 124 Å². The minimum Gasteiger partial charge on any atom is -0.308 e. The molecule has 0 aliphatic carbocycles. The molecule has 0 bridgehead atoms. The summed E-state index contributed by atoms with van der Waals surface area (Å²) in [5, 5.41) is 3.81. The molecule has 1 N–H and O–H groups in total. The molecule has 0 spiro atoms. The third kappa shape index (κ3) is 4.36. The molecule has 116 valence electrons. The van der Waals surface area contributed by atoms with E-state index in [1.165, 1.54) is 11.4 Å². The van der Waals surface area contributed by atoms with Crippen LogP contribution in [0.4, 0.5) is 26.3 Å². The molecule has 0 aliphatic rings. The first-order chi connectivity index (χ1) is 9.09. The molecule has 0 radical (unpaired) electrons. The van der Waals surface area contributed by atoms with Gasteiger partial charge in [0.25, 0.3) is 0 Å². The summed E-state index contributed by atoms with van der Waals surface area (Å²) in [5.74, 6) is -3.43. The fraction of sp³-hybridized carbons (Fsp3) is 0.636. The largest absolute Gasteiger partial charge is 0.402 e. The molecule has 0 fully saturated rings.